The van der Waals surface area contributed by atoms with E-state index in [1.807, 2.05) is 41.2 Å². The van der Waals surface area contributed by atoms with Crippen molar-refractivity contribution in [1.82, 2.24) is 19.7 Å². The number of nitrogens with zero attached hydrogens (tertiary/aromatic N) is 4. The average Bonchev–Trinajstić information content (AvgIpc) is 3.42. The molecule has 5 rings (SSSR count). The van der Waals surface area contributed by atoms with Crippen molar-refractivity contribution < 1.29 is 14.0 Å². The highest BCUT2D eigenvalue weighted by atomic mass is 32.2. The van der Waals surface area contributed by atoms with E-state index in [9.17, 15) is 4.55 Å². The van der Waals surface area contributed by atoms with E-state index in [0.29, 0.717) is 30.5 Å². The molecule has 0 fully saturated rings. The Morgan fingerprint density at radius 2 is 1.86 bits per heavy atom. The Bertz CT molecular complexity index is 1510. The fraction of sp³-hybridized carbons (Fsp3) is 0.441. The minimum absolute atomic E-state index is 0.0857. The number of aromatic nitrogens is 4. The predicted molar refractivity (Wildman–Crippen MR) is 172 cm³/mol. The van der Waals surface area contributed by atoms with Crippen LogP contribution in [-0.2, 0) is 29.1 Å². The topological polar surface area (TPSA) is 97.2 Å². The van der Waals surface area contributed by atoms with Gasteiger partial charge in [-0.1, -0.05) is 51.1 Å². The van der Waals surface area contributed by atoms with E-state index >= 15 is 0 Å². The molecule has 0 saturated heterocycles. The van der Waals surface area contributed by atoms with Crippen molar-refractivity contribution in [1.29, 1.82) is 0 Å². The zero-order valence-electron chi connectivity index (χ0n) is 26.1. The summed E-state index contributed by atoms with van der Waals surface area (Å²) >= 11 is -1.54. The van der Waals surface area contributed by atoms with Crippen molar-refractivity contribution in [2.45, 2.75) is 71.2 Å². The first-order valence-corrected chi connectivity index (χ1v) is 16.1. The fourth-order valence-electron chi connectivity index (χ4n) is 6.02. The molecule has 8 nitrogen and oxygen atoms in total. The fourth-order valence-corrected chi connectivity index (χ4v) is 6.86. The second kappa shape index (κ2) is 13.5. The van der Waals surface area contributed by atoms with Crippen LogP contribution in [0.1, 0.15) is 61.8 Å². The summed E-state index contributed by atoms with van der Waals surface area (Å²) in [5.74, 6) is 1.14. The molecule has 4 bridgehead atoms. The molecule has 2 unspecified atom stereocenters. The van der Waals surface area contributed by atoms with E-state index < -0.39 is 11.4 Å². The molecule has 0 amide bonds. The van der Waals surface area contributed by atoms with E-state index in [2.05, 4.69) is 68.8 Å². The van der Waals surface area contributed by atoms with Crippen molar-refractivity contribution >= 4 is 17.3 Å². The van der Waals surface area contributed by atoms with Crippen molar-refractivity contribution in [2.75, 3.05) is 25.0 Å². The Hall–Kier alpha value is -3.40. The van der Waals surface area contributed by atoms with E-state index in [1.165, 1.54) is 5.56 Å². The van der Waals surface area contributed by atoms with Gasteiger partial charge in [0.2, 0.25) is 5.88 Å². The second-order valence-corrected chi connectivity index (χ2v) is 13.9. The lowest BCUT2D eigenvalue weighted by atomic mass is 9.75. The predicted octanol–water partition coefficient (Wildman–Crippen LogP) is 6.90. The van der Waals surface area contributed by atoms with Gasteiger partial charge in [-0.3, -0.25) is 4.68 Å². The summed E-state index contributed by atoms with van der Waals surface area (Å²) in [7, 11) is 1.71. The lowest BCUT2D eigenvalue weighted by molar-refractivity contribution is 0.163. The van der Waals surface area contributed by atoms with Crippen molar-refractivity contribution in [3.05, 3.63) is 83.2 Å². The third kappa shape index (κ3) is 7.96. The number of hydrogen-bond acceptors (Lipinski definition) is 7. The Balaban J connectivity index is 1.59. The first-order valence-electron chi connectivity index (χ1n) is 15.0. The molecule has 1 aliphatic rings. The molecule has 1 N–H and O–H groups in total. The van der Waals surface area contributed by atoms with Crippen LogP contribution in [0.5, 0.6) is 5.88 Å². The maximum Gasteiger partial charge on any atom is 0.269 e. The molecule has 0 aliphatic carbocycles. The maximum absolute atomic E-state index is 13.5. The molecule has 0 spiro atoms. The number of nitrogens with one attached hydrogen (secondary N) is 1. The van der Waals surface area contributed by atoms with E-state index in [4.69, 9.17) is 19.4 Å². The summed E-state index contributed by atoms with van der Waals surface area (Å²) in [6, 6.07) is 16.1. The van der Waals surface area contributed by atoms with Crippen LogP contribution in [0, 0.1) is 25.2 Å². The maximum atomic E-state index is 13.5. The molecule has 1 aliphatic heterocycles. The number of anilines is 1. The third-order valence-corrected chi connectivity index (χ3v) is 9.03. The van der Waals surface area contributed by atoms with E-state index in [0.717, 1.165) is 47.2 Å². The van der Waals surface area contributed by atoms with Crippen LogP contribution in [0.2, 0.25) is 0 Å². The van der Waals surface area contributed by atoms with Crippen LogP contribution in [0.3, 0.4) is 0 Å². The summed E-state index contributed by atoms with van der Waals surface area (Å²) in [5, 5.41) is 4.66. The zero-order chi connectivity index (χ0) is 30.6. The average molecular weight is 602 g/mol. The Kier molecular flexibility index (Phi) is 9.74. The smallest absolute Gasteiger partial charge is 0.269 e. The molecule has 4 aromatic rings. The van der Waals surface area contributed by atoms with Crippen LogP contribution < -0.4 is 9.46 Å². The number of benzene rings is 2. The van der Waals surface area contributed by atoms with Gasteiger partial charge in [-0.25, -0.2) is 4.98 Å². The summed E-state index contributed by atoms with van der Waals surface area (Å²) in [5.41, 5.74) is 6.40. The van der Waals surface area contributed by atoms with E-state index in [1.54, 1.807) is 7.11 Å². The standard InChI is InChI=1S/C34H43N5O3S/c1-23-9-7-10-24(2)32(23)30-18-31-37-33(36-30)38-43(40)28-12-8-11-25(17-28)13-14-29(26(22-42-31)19-34(3,4)5)27-20-35-39(21-27)15-16-41-6/h7-12,17-18,20-21,26,29H,13-16,19,22H2,1-6H3,(H,36,37,38)/t26-,29?,43?/m1/s1. The Morgan fingerprint density at radius 1 is 1.09 bits per heavy atom. The normalized spacial score (nSPS) is 19.3. The molecule has 2 aromatic carbocycles. The molecule has 9 heteroatoms. The van der Waals surface area contributed by atoms with Gasteiger partial charge in [0.05, 0.1) is 31.6 Å². The van der Waals surface area contributed by atoms with Gasteiger partial charge in [0, 0.05) is 30.9 Å². The second-order valence-electron chi connectivity index (χ2n) is 12.7. The zero-order valence-corrected chi connectivity index (χ0v) is 26.9. The van der Waals surface area contributed by atoms with Crippen LogP contribution in [0.15, 0.2) is 65.8 Å². The van der Waals surface area contributed by atoms with Gasteiger partial charge in [0.25, 0.3) is 5.95 Å². The monoisotopic (exact) mass is 601 g/mol. The highest BCUT2D eigenvalue weighted by Crippen LogP contribution is 2.38. The Labute approximate surface area is 258 Å². The van der Waals surface area contributed by atoms with Gasteiger partial charge in [-0.05, 0) is 78.8 Å². The minimum atomic E-state index is -1.54. The summed E-state index contributed by atoms with van der Waals surface area (Å²) in [6.45, 7) is 12.8. The first-order chi connectivity index (χ1) is 20.6. The largest absolute Gasteiger partial charge is 0.588 e. The van der Waals surface area contributed by atoms with Gasteiger partial charge in [0.15, 0.2) is 4.90 Å². The van der Waals surface area contributed by atoms with Gasteiger partial charge >= 0.3 is 0 Å². The molecule has 3 atom stereocenters. The summed E-state index contributed by atoms with van der Waals surface area (Å²) < 4.78 is 30.3. The van der Waals surface area contributed by atoms with Crippen LogP contribution >= 0.6 is 0 Å². The van der Waals surface area contributed by atoms with Crippen molar-refractivity contribution in [2.24, 2.45) is 11.3 Å². The number of ether oxygens (including phenoxy) is 2. The van der Waals surface area contributed by atoms with Gasteiger partial charge in [0.1, 0.15) is 11.4 Å². The van der Waals surface area contributed by atoms with Crippen LogP contribution in [0.4, 0.5) is 5.95 Å². The summed E-state index contributed by atoms with van der Waals surface area (Å²) in [4.78, 5) is 10.2. The number of aryl methyl sites for hydroxylation is 3. The van der Waals surface area contributed by atoms with Gasteiger partial charge < -0.3 is 14.0 Å². The third-order valence-electron chi connectivity index (χ3n) is 7.98. The molecule has 0 radical (unpaired) electrons. The van der Waals surface area contributed by atoms with Crippen molar-refractivity contribution in [3.8, 4) is 17.1 Å². The first kappa shape index (κ1) is 31.0. The van der Waals surface area contributed by atoms with Crippen molar-refractivity contribution in [3.63, 3.8) is 0 Å². The highest BCUT2D eigenvalue weighted by molar-refractivity contribution is 7.92. The van der Waals surface area contributed by atoms with Gasteiger partial charge in [-0.2, -0.15) is 14.8 Å². The molecule has 3 heterocycles. The van der Waals surface area contributed by atoms with E-state index in [-0.39, 0.29) is 23.2 Å². The highest BCUT2D eigenvalue weighted by Gasteiger charge is 2.30. The molecule has 2 aromatic heterocycles. The summed E-state index contributed by atoms with van der Waals surface area (Å²) in [6.07, 6.45) is 6.87. The lowest BCUT2D eigenvalue weighted by Gasteiger charge is -2.32. The molecule has 43 heavy (non-hydrogen) atoms. The number of fused-ring (bicyclic) bond motifs is 4. The quantitative estimate of drug-likeness (QED) is 0.240. The van der Waals surface area contributed by atoms with Crippen LogP contribution in [0.25, 0.3) is 11.3 Å². The molecule has 228 valence electrons. The number of hydrogen-bond donors (Lipinski definition) is 1. The van der Waals surface area contributed by atoms with Crippen LogP contribution in [-0.4, -0.2) is 44.6 Å². The minimum Gasteiger partial charge on any atom is -0.588 e. The number of rotatable bonds is 6. The molecular formula is C34H43N5O3S. The molecule has 0 saturated carbocycles. The lowest BCUT2D eigenvalue weighted by Crippen LogP contribution is -2.26. The molecular weight excluding hydrogens is 558 g/mol. The SMILES string of the molecule is COCCn1cc(C2CCc3cccc(c3)[S+]([O-])Nc3nc(cc(-c4c(C)cccc4C)n3)OC[C@H]2CC(C)(C)C)cn1. The van der Waals surface area contributed by atoms with Gasteiger partial charge in [-0.15, -0.1) is 0 Å². The Morgan fingerprint density at radius 3 is 2.60 bits per heavy atom. The number of methoxy groups -OCH3 is 1.